The van der Waals surface area contributed by atoms with Gasteiger partial charge in [0.05, 0.1) is 66.1 Å². The van der Waals surface area contributed by atoms with Gasteiger partial charge in [0.2, 0.25) is 11.8 Å². The first kappa shape index (κ1) is 46.6. The Balaban J connectivity index is 0.000000194. The lowest BCUT2D eigenvalue weighted by Crippen LogP contribution is -2.41. The molecule has 0 aliphatic carbocycles. The van der Waals surface area contributed by atoms with Crippen LogP contribution in [0.5, 0.6) is 34.5 Å². The van der Waals surface area contributed by atoms with Gasteiger partial charge in [0, 0.05) is 21.4 Å². The number of fused-ring (bicyclic) bond motifs is 2. The minimum absolute atomic E-state index is 0.00487. The summed E-state index contributed by atoms with van der Waals surface area (Å²) in [5.41, 5.74) is 7.40. The van der Waals surface area contributed by atoms with Crippen molar-refractivity contribution in [3.8, 4) is 34.5 Å². The topological polar surface area (TPSA) is 96.0 Å². The predicted octanol–water partition coefficient (Wildman–Crippen LogP) is 12.0. The van der Waals surface area contributed by atoms with Gasteiger partial charge in [-0.05, 0) is 150 Å². The summed E-state index contributed by atoms with van der Waals surface area (Å²) < 4.78 is 33.9. The molecule has 10 nitrogen and oxygen atoms in total. The third-order valence-electron chi connectivity index (χ3n) is 11.6. The van der Waals surface area contributed by atoms with Gasteiger partial charge in [-0.15, -0.1) is 0 Å². The molecule has 8 rings (SSSR count). The normalized spacial score (nSPS) is 15.8. The molecule has 65 heavy (non-hydrogen) atoms. The summed E-state index contributed by atoms with van der Waals surface area (Å²) in [6.07, 6.45) is 2.34. The third-order valence-corrected chi connectivity index (χ3v) is 12.1. The number of hydrogen-bond acceptors (Lipinski definition) is 8. The van der Waals surface area contributed by atoms with Crippen LogP contribution in [-0.4, -0.2) is 53.0 Å². The molecular weight excluding hydrogens is 863 g/mol. The number of nitrogens with zero attached hydrogens (tertiary/aromatic N) is 2. The van der Waals surface area contributed by atoms with E-state index < -0.39 is 0 Å². The number of methoxy groups -OCH3 is 4. The fourth-order valence-corrected chi connectivity index (χ4v) is 8.42. The van der Waals surface area contributed by atoms with Crippen molar-refractivity contribution in [2.24, 2.45) is 0 Å². The van der Waals surface area contributed by atoms with E-state index in [0.717, 1.165) is 69.1 Å². The summed E-state index contributed by atoms with van der Waals surface area (Å²) in [7, 11) is 6.49. The number of hydrogen-bond donors (Lipinski definition) is 0. The van der Waals surface area contributed by atoms with Crippen LogP contribution < -0.4 is 38.2 Å². The van der Waals surface area contributed by atoms with Crippen molar-refractivity contribution in [1.82, 2.24) is 0 Å². The van der Waals surface area contributed by atoms with E-state index in [9.17, 15) is 9.59 Å². The zero-order chi connectivity index (χ0) is 46.2. The Morgan fingerprint density at radius 1 is 0.554 bits per heavy atom. The van der Waals surface area contributed by atoms with Crippen molar-refractivity contribution in [1.29, 1.82) is 0 Å². The Labute approximate surface area is 391 Å². The molecule has 2 aliphatic rings. The van der Waals surface area contributed by atoms with Crippen molar-refractivity contribution >= 4 is 46.4 Å². The highest BCUT2D eigenvalue weighted by Crippen LogP contribution is 2.46. The second-order valence-electron chi connectivity index (χ2n) is 15.8. The van der Waals surface area contributed by atoms with Crippen LogP contribution in [0.3, 0.4) is 0 Å². The fourth-order valence-electron chi connectivity index (χ4n) is 8.17. The summed E-state index contributed by atoms with van der Waals surface area (Å²) in [4.78, 5) is 30.6. The van der Waals surface area contributed by atoms with E-state index in [-0.39, 0.29) is 42.8 Å². The zero-order valence-electron chi connectivity index (χ0n) is 37.7. The molecule has 6 aromatic carbocycles. The highest BCUT2D eigenvalue weighted by Gasteiger charge is 2.38. The number of carbonyl (C=O) groups excluding carboxylic acids is 2. The van der Waals surface area contributed by atoms with E-state index in [0.29, 0.717) is 39.7 Å². The molecule has 2 heterocycles. The highest BCUT2D eigenvalue weighted by atomic mass is 35.5. The molecule has 0 aromatic heterocycles. The lowest BCUT2D eigenvalue weighted by molar-refractivity contribution is -0.119. The van der Waals surface area contributed by atoms with Crippen LogP contribution in [0.1, 0.15) is 79.1 Å². The van der Waals surface area contributed by atoms with Crippen molar-refractivity contribution in [2.75, 3.05) is 44.8 Å². The highest BCUT2D eigenvalue weighted by molar-refractivity contribution is 6.30. The van der Waals surface area contributed by atoms with E-state index in [1.165, 1.54) is 0 Å². The Morgan fingerprint density at radius 3 is 1.35 bits per heavy atom. The van der Waals surface area contributed by atoms with Gasteiger partial charge in [-0.1, -0.05) is 61.3 Å². The lowest BCUT2D eigenvalue weighted by Gasteiger charge is -2.38. The first-order valence-corrected chi connectivity index (χ1v) is 22.4. The molecule has 3 atom stereocenters. The van der Waals surface area contributed by atoms with E-state index in [1.807, 2.05) is 138 Å². The number of amides is 2. The zero-order valence-corrected chi connectivity index (χ0v) is 39.2. The van der Waals surface area contributed by atoms with Gasteiger partial charge in [0.15, 0.2) is 23.0 Å². The van der Waals surface area contributed by atoms with Crippen molar-refractivity contribution < 1.29 is 38.0 Å². The summed E-state index contributed by atoms with van der Waals surface area (Å²) in [5.74, 6) is 4.11. The van der Waals surface area contributed by atoms with Crippen LogP contribution >= 0.6 is 23.2 Å². The van der Waals surface area contributed by atoms with Crippen LogP contribution in [0, 0.1) is 0 Å². The van der Waals surface area contributed by atoms with E-state index in [4.69, 9.17) is 51.6 Å². The van der Waals surface area contributed by atoms with Gasteiger partial charge in [-0.25, -0.2) is 0 Å². The molecule has 2 aliphatic heterocycles. The van der Waals surface area contributed by atoms with Gasteiger partial charge >= 0.3 is 0 Å². The molecule has 0 N–H and O–H groups in total. The number of anilines is 2. The van der Waals surface area contributed by atoms with Crippen LogP contribution in [0.4, 0.5) is 11.4 Å². The minimum atomic E-state index is -0.336. The molecule has 0 radical (unpaired) electrons. The molecule has 0 bridgehead atoms. The molecule has 2 unspecified atom stereocenters. The Morgan fingerprint density at radius 2 is 0.969 bits per heavy atom. The van der Waals surface area contributed by atoms with Gasteiger partial charge < -0.3 is 38.2 Å². The first-order valence-electron chi connectivity index (χ1n) is 21.6. The Hall–Kier alpha value is -6.36. The summed E-state index contributed by atoms with van der Waals surface area (Å²) in [5, 5.41) is 1.29. The molecule has 0 saturated carbocycles. The lowest BCUT2D eigenvalue weighted by atomic mass is 9.86. The van der Waals surface area contributed by atoms with Gasteiger partial charge in [0.25, 0.3) is 0 Å². The molecule has 0 spiro atoms. The standard InChI is InChI=1S/C27H28ClNO4.C26H26ClNO4/c1-5-17(2)33-25-16-23-19(14-24(25)32-4)15-26(30)29(21-10-12-22(31-3)13-11-21)27(23)18-6-8-20(28)9-7-18;1-4-13-32-24-16-22-18(14-23(24)31-3)15-25(29)28(20-9-11-21(30-2)12-10-20)26(22)17-5-7-19(27)8-6-17/h6-14,16-17,27H,5,15H2,1-4H3;5-12,14,16,26H,4,13,15H2,1-3H3/t17-,27?;/m1./s1. The van der Waals surface area contributed by atoms with Crippen molar-refractivity contribution in [2.45, 2.75) is 64.6 Å². The predicted molar refractivity (Wildman–Crippen MR) is 257 cm³/mol. The molecule has 2 amide bonds. The third kappa shape index (κ3) is 10.3. The first-order chi connectivity index (χ1) is 31.5. The van der Waals surface area contributed by atoms with Crippen LogP contribution in [0.15, 0.2) is 121 Å². The van der Waals surface area contributed by atoms with E-state index in [1.54, 1.807) is 28.4 Å². The number of halogens is 2. The molecule has 6 aromatic rings. The average Bonchev–Trinajstić information content (AvgIpc) is 3.33. The number of carbonyl (C=O) groups is 2. The van der Waals surface area contributed by atoms with Crippen LogP contribution in [-0.2, 0) is 22.4 Å². The SMILES string of the molecule is CCCOc1cc2c(cc1OC)CC(=O)N(c1ccc(OC)cc1)C2c1ccc(Cl)cc1.CC[C@@H](C)Oc1cc2c(cc1OC)CC(=O)N(c1ccc(OC)cc1)C2c1ccc(Cl)cc1. The molecule has 0 fully saturated rings. The Kier molecular flexibility index (Phi) is 15.1. The van der Waals surface area contributed by atoms with Gasteiger partial charge in [-0.3, -0.25) is 9.59 Å². The van der Waals surface area contributed by atoms with Gasteiger partial charge in [0.1, 0.15) is 11.5 Å². The molecule has 0 saturated heterocycles. The number of ether oxygens (including phenoxy) is 6. The fraction of sp³-hybridized carbons (Fsp3) is 0.283. The number of benzene rings is 6. The molecule has 338 valence electrons. The summed E-state index contributed by atoms with van der Waals surface area (Å²) in [6.45, 7) is 6.76. The van der Waals surface area contributed by atoms with Crippen LogP contribution in [0.25, 0.3) is 0 Å². The maximum Gasteiger partial charge on any atom is 0.232 e. The smallest absolute Gasteiger partial charge is 0.232 e. The molecule has 12 heteroatoms. The second-order valence-corrected chi connectivity index (χ2v) is 16.6. The maximum atomic E-state index is 13.5. The largest absolute Gasteiger partial charge is 0.497 e. The second kappa shape index (κ2) is 21.1. The molecular formula is C53H54Cl2N2O8. The Bertz CT molecular complexity index is 2590. The van der Waals surface area contributed by atoms with E-state index >= 15 is 0 Å². The quantitative estimate of drug-likeness (QED) is 0.107. The average molecular weight is 918 g/mol. The number of rotatable bonds is 14. The summed E-state index contributed by atoms with van der Waals surface area (Å²) in [6, 6.07) is 37.5. The minimum Gasteiger partial charge on any atom is -0.497 e. The maximum absolute atomic E-state index is 13.5. The van der Waals surface area contributed by atoms with Crippen molar-refractivity contribution in [3.05, 3.63) is 165 Å². The van der Waals surface area contributed by atoms with Gasteiger partial charge in [-0.2, -0.15) is 0 Å². The summed E-state index contributed by atoms with van der Waals surface area (Å²) >= 11 is 12.3. The van der Waals surface area contributed by atoms with Crippen molar-refractivity contribution in [3.63, 3.8) is 0 Å². The van der Waals surface area contributed by atoms with E-state index in [2.05, 4.69) is 13.8 Å². The monoisotopic (exact) mass is 916 g/mol. The van der Waals surface area contributed by atoms with Crippen LogP contribution in [0.2, 0.25) is 10.0 Å².